The Morgan fingerprint density at radius 1 is 1.19 bits per heavy atom. The van der Waals surface area contributed by atoms with Gasteiger partial charge in [-0.05, 0) is 35.7 Å². The van der Waals surface area contributed by atoms with Gasteiger partial charge in [0.2, 0.25) is 0 Å². The standard InChI is InChI=1S/C20H20N2O4/c23-18(21-25)16-6-7-17-15(12-16)8-9-20(26-17)10-11-22(19(20)24)13-14-4-2-1-3-5-14/h1-7,12,25H,8-11,13H2,(H,21,23). The molecule has 1 spiro atoms. The summed E-state index contributed by atoms with van der Waals surface area (Å²) in [6.07, 6.45) is 1.91. The van der Waals surface area contributed by atoms with Gasteiger partial charge in [0, 0.05) is 31.5 Å². The smallest absolute Gasteiger partial charge is 0.274 e. The van der Waals surface area contributed by atoms with E-state index in [1.54, 1.807) is 23.7 Å². The molecule has 2 heterocycles. The Morgan fingerprint density at radius 3 is 2.77 bits per heavy atom. The number of benzene rings is 2. The van der Waals surface area contributed by atoms with Crippen LogP contribution in [-0.2, 0) is 17.8 Å². The van der Waals surface area contributed by atoms with E-state index in [-0.39, 0.29) is 5.91 Å². The van der Waals surface area contributed by atoms with Crippen molar-refractivity contribution in [3.05, 3.63) is 65.2 Å². The molecular weight excluding hydrogens is 332 g/mol. The highest BCUT2D eigenvalue weighted by Crippen LogP contribution is 2.40. The molecule has 2 amide bonds. The van der Waals surface area contributed by atoms with E-state index in [0.29, 0.717) is 43.7 Å². The van der Waals surface area contributed by atoms with Crippen LogP contribution in [0, 0.1) is 0 Å². The first-order valence-electron chi connectivity index (χ1n) is 8.71. The van der Waals surface area contributed by atoms with Gasteiger partial charge in [0.05, 0.1) is 0 Å². The van der Waals surface area contributed by atoms with E-state index in [1.807, 2.05) is 35.2 Å². The number of hydrogen-bond acceptors (Lipinski definition) is 4. The number of aryl methyl sites for hydroxylation is 1. The maximum absolute atomic E-state index is 13.0. The molecule has 4 rings (SSSR count). The lowest BCUT2D eigenvalue weighted by Gasteiger charge is -2.34. The molecule has 2 aliphatic rings. The number of hydroxylamine groups is 1. The second-order valence-electron chi connectivity index (χ2n) is 6.82. The van der Waals surface area contributed by atoms with Crippen LogP contribution in [0.15, 0.2) is 48.5 Å². The molecule has 2 aromatic rings. The van der Waals surface area contributed by atoms with E-state index < -0.39 is 11.5 Å². The van der Waals surface area contributed by atoms with Crippen LogP contribution in [0.5, 0.6) is 5.75 Å². The lowest BCUT2D eigenvalue weighted by Crippen LogP contribution is -2.47. The van der Waals surface area contributed by atoms with Crippen molar-refractivity contribution in [2.45, 2.75) is 31.4 Å². The fourth-order valence-corrected chi connectivity index (χ4v) is 3.77. The van der Waals surface area contributed by atoms with Gasteiger partial charge in [-0.25, -0.2) is 5.48 Å². The highest BCUT2D eigenvalue weighted by Gasteiger charge is 2.50. The molecule has 1 saturated heterocycles. The van der Waals surface area contributed by atoms with Crippen LogP contribution < -0.4 is 10.2 Å². The van der Waals surface area contributed by atoms with Gasteiger partial charge in [-0.3, -0.25) is 14.8 Å². The molecule has 2 N–H and O–H groups in total. The summed E-state index contributed by atoms with van der Waals surface area (Å²) in [5.74, 6) is 0.115. The number of carbonyl (C=O) groups is 2. The van der Waals surface area contributed by atoms with Crippen LogP contribution in [0.1, 0.15) is 34.3 Å². The quantitative estimate of drug-likeness (QED) is 0.656. The zero-order valence-corrected chi connectivity index (χ0v) is 14.3. The van der Waals surface area contributed by atoms with Crippen molar-refractivity contribution in [2.75, 3.05) is 6.54 Å². The number of hydrogen-bond donors (Lipinski definition) is 2. The molecule has 0 aliphatic carbocycles. The Bertz CT molecular complexity index is 852. The number of ether oxygens (including phenoxy) is 1. The average Bonchev–Trinajstić information content (AvgIpc) is 2.97. The van der Waals surface area contributed by atoms with Gasteiger partial charge in [0.25, 0.3) is 11.8 Å². The molecule has 1 atom stereocenters. The summed E-state index contributed by atoms with van der Waals surface area (Å²) < 4.78 is 6.14. The van der Waals surface area contributed by atoms with Crippen molar-refractivity contribution in [1.29, 1.82) is 0 Å². The first kappa shape index (κ1) is 16.6. The predicted octanol–water partition coefficient (Wildman–Crippen LogP) is 2.30. The highest BCUT2D eigenvalue weighted by atomic mass is 16.5. The monoisotopic (exact) mass is 352 g/mol. The van der Waals surface area contributed by atoms with Crippen molar-refractivity contribution in [1.82, 2.24) is 10.4 Å². The molecule has 0 bridgehead atoms. The van der Waals surface area contributed by atoms with Gasteiger partial charge >= 0.3 is 0 Å². The van der Waals surface area contributed by atoms with Gasteiger partial charge in [-0.15, -0.1) is 0 Å². The number of likely N-dealkylation sites (tertiary alicyclic amines) is 1. The Labute approximate surface area is 151 Å². The summed E-state index contributed by atoms with van der Waals surface area (Å²) in [7, 11) is 0. The zero-order valence-electron chi connectivity index (χ0n) is 14.3. The van der Waals surface area contributed by atoms with E-state index in [1.165, 1.54) is 0 Å². The fraction of sp³-hybridized carbons (Fsp3) is 0.300. The van der Waals surface area contributed by atoms with Gasteiger partial charge in [0.15, 0.2) is 5.60 Å². The summed E-state index contributed by atoms with van der Waals surface area (Å²) in [5, 5.41) is 8.76. The first-order valence-corrected chi connectivity index (χ1v) is 8.71. The second kappa shape index (κ2) is 6.46. The van der Waals surface area contributed by atoms with Crippen LogP contribution in [0.2, 0.25) is 0 Å². The number of nitrogens with one attached hydrogen (secondary N) is 1. The van der Waals surface area contributed by atoms with E-state index in [9.17, 15) is 9.59 Å². The molecule has 6 heteroatoms. The highest BCUT2D eigenvalue weighted by molar-refractivity contribution is 5.94. The summed E-state index contributed by atoms with van der Waals surface area (Å²) in [6, 6.07) is 14.9. The van der Waals surface area contributed by atoms with Crippen LogP contribution in [0.4, 0.5) is 0 Å². The fourth-order valence-electron chi connectivity index (χ4n) is 3.77. The Balaban J connectivity index is 1.52. The first-order chi connectivity index (χ1) is 12.6. The third kappa shape index (κ3) is 2.82. The third-order valence-corrected chi connectivity index (χ3v) is 5.21. The molecular formula is C20H20N2O4. The van der Waals surface area contributed by atoms with E-state index >= 15 is 0 Å². The van der Waals surface area contributed by atoms with Crippen LogP contribution >= 0.6 is 0 Å². The van der Waals surface area contributed by atoms with Crippen molar-refractivity contribution < 1.29 is 19.5 Å². The normalized spacial score (nSPS) is 21.4. The van der Waals surface area contributed by atoms with Crippen LogP contribution in [0.3, 0.4) is 0 Å². The Hall–Kier alpha value is -2.86. The van der Waals surface area contributed by atoms with Crippen molar-refractivity contribution in [3.63, 3.8) is 0 Å². The Morgan fingerprint density at radius 2 is 2.00 bits per heavy atom. The number of carbonyl (C=O) groups excluding carboxylic acids is 2. The molecule has 6 nitrogen and oxygen atoms in total. The second-order valence-corrected chi connectivity index (χ2v) is 6.82. The zero-order chi connectivity index (χ0) is 18.1. The SMILES string of the molecule is O=C(NO)c1ccc2c(c1)CCC1(CCN(Cc3ccccc3)C1=O)O2. The molecule has 0 radical (unpaired) electrons. The largest absolute Gasteiger partial charge is 0.477 e. The number of nitrogens with zero attached hydrogens (tertiary/aromatic N) is 1. The molecule has 0 saturated carbocycles. The minimum Gasteiger partial charge on any atom is -0.477 e. The van der Waals surface area contributed by atoms with Crippen molar-refractivity contribution >= 4 is 11.8 Å². The summed E-state index contributed by atoms with van der Waals surface area (Å²) in [6.45, 7) is 1.27. The number of amides is 2. The maximum atomic E-state index is 13.0. The molecule has 2 aliphatic heterocycles. The minimum atomic E-state index is -0.803. The number of rotatable bonds is 3. The van der Waals surface area contributed by atoms with Gasteiger partial charge in [0.1, 0.15) is 5.75 Å². The minimum absolute atomic E-state index is 0.0316. The lowest BCUT2D eigenvalue weighted by atomic mass is 9.89. The molecule has 2 aromatic carbocycles. The molecule has 1 fully saturated rings. The van der Waals surface area contributed by atoms with Gasteiger partial charge < -0.3 is 9.64 Å². The van der Waals surface area contributed by atoms with Crippen LogP contribution in [-0.4, -0.2) is 34.1 Å². The Kier molecular flexibility index (Phi) is 4.12. The predicted molar refractivity (Wildman–Crippen MR) is 93.9 cm³/mol. The summed E-state index contributed by atoms with van der Waals surface area (Å²) in [5.41, 5.74) is 3.18. The topological polar surface area (TPSA) is 78.9 Å². The molecule has 134 valence electrons. The molecule has 26 heavy (non-hydrogen) atoms. The number of fused-ring (bicyclic) bond motifs is 1. The van der Waals surface area contributed by atoms with E-state index in [2.05, 4.69) is 0 Å². The molecule has 1 unspecified atom stereocenters. The van der Waals surface area contributed by atoms with Crippen LogP contribution in [0.25, 0.3) is 0 Å². The van der Waals surface area contributed by atoms with Crippen molar-refractivity contribution in [3.8, 4) is 5.75 Å². The maximum Gasteiger partial charge on any atom is 0.274 e. The third-order valence-electron chi connectivity index (χ3n) is 5.21. The van der Waals surface area contributed by atoms with Gasteiger partial charge in [-0.2, -0.15) is 0 Å². The summed E-state index contributed by atoms with van der Waals surface area (Å²) in [4.78, 5) is 26.4. The molecule has 0 aromatic heterocycles. The van der Waals surface area contributed by atoms with E-state index in [0.717, 1.165) is 11.1 Å². The average molecular weight is 352 g/mol. The van der Waals surface area contributed by atoms with E-state index in [4.69, 9.17) is 9.94 Å². The summed E-state index contributed by atoms with van der Waals surface area (Å²) >= 11 is 0. The van der Waals surface area contributed by atoms with Crippen molar-refractivity contribution in [2.24, 2.45) is 0 Å². The van der Waals surface area contributed by atoms with Gasteiger partial charge in [-0.1, -0.05) is 30.3 Å². The lowest BCUT2D eigenvalue weighted by molar-refractivity contribution is -0.142.